The highest BCUT2D eigenvalue weighted by Gasteiger charge is 2.25. The summed E-state index contributed by atoms with van der Waals surface area (Å²) in [7, 11) is 0. The fourth-order valence-electron chi connectivity index (χ4n) is 2.37. The van der Waals surface area contributed by atoms with Crippen LogP contribution in [0.5, 0.6) is 0 Å². The van der Waals surface area contributed by atoms with E-state index in [1.54, 1.807) is 22.2 Å². The summed E-state index contributed by atoms with van der Waals surface area (Å²) in [5, 5.41) is 13.5. The average molecular weight is 237 g/mol. The Morgan fingerprint density at radius 1 is 1.31 bits per heavy atom. The van der Waals surface area contributed by atoms with E-state index in [4.69, 9.17) is 5.73 Å². The summed E-state index contributed by atoms with van der Waals surface area (Å²) in [4.78, 5) is 0.867. The summed E-state index contributed by atoms with van der Waals surface area (Å²) in [6, 6.07) is 0.256. The molecule has 0 aromatic carbocycles. The predicted octanol–water partition coefficient (Wildman–Crippen LogP) is 1.56. The molecule has 2 heterocycles. The number of fused-ring (bicyclic) bond motifs is 1. The zero-order valence-corrected chi connectivity index (χ0v) is 9.86. The second kappa shape index (κ2) is 4.10. The second-order valence-electron chi connectivity index (χ2n) is 4.41. The molecule has 2 unspecified atom stereocenters. The Bertz CT molecular complexity index is 448. The molecule has 2 N–H and O–H groups in total. The van der Waals surface area contributed by atoms with Crippen molar-refractivity contribution in [2.24, 2.45) is 5.73 Å². The summed E-state index contributed by atoms with van der Waals surface area (Å²) in [6.07, 6.45) is 7.74. The lowest BCUT2D eigenvalue weighted by Crippen LogP contribution is -2.27. The Morgan fingerprint density at radius 2 is 2.19 bits per heavy atom. The number of nitrogens with two attached hydrogens (primary N) is 1. The predicted molar refractivity (Wildman–Crippen MR) is 62.5 cm³/mol. The molecule has 0 spiro atoms. The van der Waals surface area contributed by atoms with Gasteiger partial charge in [-0.15, -0.1) is 10.2 Å². The van der Waals surface area contributed by atoms with Crippen molar-refractivity contribution in [3.63, 3.8) is 0 Å². The van der Waals surface area contributed by atoms with Crippen LogP contribution in [0, 0.1) is 0 Å². The molecule has 1 saturated carbocycles. The number of hydrogen-bond donors (Lipinski definition) is 1. The van der Waals surface area contributed by atoms with Gasteiger partial charge in [0.1, 0.15) is 11.3 Å². The lowest BCUT2D eigenvalue weighted by molar-refractivity contribution is 0.498. The molecule has 6 heteroatoms. The molecule has 2 aromatic heterocycles. The fourth-order valence-corrected chi connectivity index (χ4v) is 3.40. The molecule has 3 rings (SSSR count). The van der Waals surface area contributed by atoms with Crippen molar-refractivity contribution in [2.45, 2.75) is 44.1 Å². The minimum absolute atomic E-state index is 0.256. The van der Waals surface area contributed by atoms with Gasteiger partial charge in [0.2, 0.25) is 4.96 Å². The molecule has 1 aliphatic rings. The zero-order valence-electron chi connectivity index (χ0n) is 9.04. The molecule has 2 aromatic rings. The summed E-state index contributed by atoms with van der Waals surface area (Å²) < 4.78 is 1.75. The number of aromatic nitrogens is 4. The summed E-state index contributed by atoms with van der Waals surface area (Å²) in [5.41, 5.74) is 6.22. The normalized spacial score (nSPS) is 27.1. The molecule has 2 atom stereocenters. The molecule has 1 fully saturated rings. The third-order valence-corrected chi connectivity index (χ3v) is 4.33. The second-order valence-corrected chi connectivity index (χ2v) is 5.39. The molecule has 0 amide bonds. The van der Waals surface area contributed by atoms with Crippen LogP contribution in [0.25, 0.3) is 4.96 Å². The Labute approximate surface area is 97.7 Å². The van der Waals surface area contributed by atoms with E-state index in [1.165, 1.54) is 19.3 Å². The van der Waals surface area contributed by atoms with E-state index in [0.717, 1.165) is 22.8 Å². The first-order valence-electron chi connectivity index (χ1n) is 5.77. The minimum atomic E-state index is 0.256. The summed E-state index contributed by atoms with van der Waals surface area (Å²) >= 11 is 1.62. The van der Waals surface area contributed by atoms with E-state index < -0.39 is 0 Å². The molecular formula is C10H15N5S. The van der Waals surface area contributed by atoms with E-state index in [-0.39, 0.29) is 6.04 Å². The topological polar surface area (TPSA) is 69.1 Å². The first-order chi connectivity index (χ1) is 7.84. The van der Waals surface area contributed by atoms with Crippen LogP contribution >= 0.6 is 11.3 Å². The van der Waals surface area contributed by atoms with Gasteiger partial charge in [-0.05, 0) is 12.8 Å². The van der Waals surface area contributed by atoms with Crippen LogP contribution in [0.4, 0.5) is 0 Å². The first kappa shape index (κ1) is 10.2. The van der Waals surface area contributed by atoms with Gasteiger partial charge in [-0.2, -0.15) is 9.61 Å². The number of rotatable bonds is 1. The van der Waals surface area contributed by atoms with E-state index in [1.807, 2.05) is 0 Å². The Kier molecular flexibility index (Phi) is 2.61. The van der Waals surface area contributed by atoms with Gasteiger partial charge in [-0.25, -0.2) is 0 Å². The molecule has 1 aliphatic carbocycles. The molecule has 86 valence electrons. The lowest BCUT2D eigenvalue weighted by Gasteiger charge is -2.17. The Balaban J connectivity index is 1.92. The van der Waals surface area contributed by atoms with Crippen LogP contribution in [0.15, 0.2) is 6.33 Å². The average Bonchev–Trinajstić information content (AvgIpc) is 2.77. The Hall–Kier alpha value is -1.01. The summed E-state index contributed by atoms with van der Waals surface area (Å²) in [5.74, 6) is 0.411. The number of hydrogen-bond acceptors (Lipinski definition) is 5. The van der Waals surface area contributed by atoms with Crippen LogP contribution in [0.1, 0.15) is 43.0 Å². The van der Waals surface area contributed by atoms with Gasteiger partial charge in [-0.1, -0.05) is 30.6 Å². The van der Waals surface area contributed by atoms with Gasteiger partial charge < -0.3 is 5.73 Å². The molecule has 0 saturated heterocycles. The molecule has 0 bridgehead atoms. The highest BCUT2D eigenvalue weighted by atomic mass is 32.1. The fraction of sp³-hybridized carbons (Fsp3) is 0.700. The Morgan fingerprint density at radius 3 is 3.06 bits per heavy atom. The molecule has 0 radical (unpaired) electrons. The maximum Gasteiger partial charge on any atom is 0.234 e. The van der Waals surface area contributed by atoms with E-state index in [9.17, 15) is 0 Å². The third kappa shape index (κ3) is 1.72. The van der Waals surface area contributed by atoms with Crippen molar-refractivity contribution >= 4 is 16.3 Å². The van der Waals surface area contributed by atoms with Gasteiger partial charge >= 0.3 is 0 Å². The molecule has 5 nitrogen and oxygen atoms in total. The van der Waals surface area contributed by atoms with Gasteiger partial charge in [0, 0.05) is 12.0 Å². The van der Waals surface area contributed by atoms with Crippen LogP contribution in [-0.4, -0.2) is 25.9 Å². The smallest absolute Gasteiger partial charge is 0.234 e. The van der Waals surface area contributed by atoms with Crippen LogP contribution in [-0.2, 0) is 0 Å². The monoisotopic (exact) mass is 237 g/mol. The SMILES string of the molecule is NC1CCCCCC1c1nn2cnnc2s1. The van der Waals surface area contributed by atoms with Gasteiger partial charge in [0.25, 0.3) is 0 Å². The molecule has 0 aliphatic heterocycles. The highest BCUT2D eigenvalue weighted by Crippen LogP contribution is 2.32. The zero-order chi connectivity index (χ0) is 11.0. The van der Waals surface area contributed by atoms with Crippen molar-refractivity contribution in [1.82, 2.24) is 19.8 Å². The number of nitrogens with zero attached hydrogens (tertiary/aromatic N) is 4. The van der Waals surface area contributed by atoms with Crippen LogP contribution in [0.3, 0.4) is 0 Å². The van der Waals surface area contributed by atoms with E-state index >= 15 is 0 Å². The van der Waals surface area contributed by atoms with Gasteiger partial charge in [0.05, 0.1) is 0 Å². The van der Waals surface area contributed by atoms with Crippen molar-refractivity contribution < 1.29 is 0 Å². The maximum atomic E-state index is 6.22. The maximum absolute atomic E-state index is 6.22. The minimum Gasteiger partial charge on any atom is -0.327 e. The van der Waals surface area contributed by atoms with Crippen molar-refractivity contribution in [1.29, 1.82) is 0 Å². The lowest BCUT2D eigenvalue weighted by atomic mass is 9.96. The van der Waals surface area contributed by atoms with Crippen LogP contribution < -0.4 is 5.73 Å². The quantitative estimate of drug-likeness (QED) is 0.764. The van der Waals surface area contributed by atoms with E-state index in [0.29, 0.717) is 5.92 Å². The standard InChI is InChI=1S/C10H15N5S/c11-8-5-3-1-2-4-7(8)9-14-15-6-12-13-10(15)16-9/h6-8H,1-5,11H2. The van der Waals surface area contributed by atoms with Crippen molar-refractivity contribution in [3.8, 4) is 0 Å². The van der Waals surface area contributed by atoms with Crippen molar-refractivity contribution in [3.05, 3.63) is 11.3 Å². The van der Waals surface area contributed by atoms with Crippen LogP contribution in [0.2, 0.25) is 0 Å². The third-order valence-electron chi connectivity index (χ3n) is 3.29. The first-order valence-corrected chi connectivity index (χ1v) is 6.58. The van der Waals surface area contributed by atoms with Gasteiger partial charge in [-0.3, -0.25) is 0 Å². The molecule has 16 heavy (non-hydrogen) atoms. The molecular weight excluding hydrogens is 222 g/mol. The van der Waals surface area contributed by atoms with Crippen molar-refractivity contribution in [2.75, 3.05) is 0 Å². The summed E-state index contributed by atoms with van der Waals surface area (Å²) in [6.45, 7) is 0. The largest absolute Gasteiger partial charge is 0.327 e. The van der Waals surface area contributed by atoms with E-state index in [2.05, 4.69) is 15.3 Å². The van der Waals surface area contributed by atoms with Gasteiger partial charge in [0.15, 0.2) is 0 Å². The highest BCUT2D eigenvalue weighted by molar-refractivity contribution is 7.16.